The zero-order valence-electron chi connectivity index (χ0n) is 34.8. The van der Waals surface area contributed by atoms with Gasteiger partial charge in [-0.2, -0.15) is 28.4 Å². The van der Waals surface area contributed by atoms with Gasteiger partial charge in [0.2, 0.25) is 11.8 Å². The molecule has 4 aliphatic rings. The molecule has 18 heteroatoms. The smallest absolute Gasteiger partial charge is 0.417 e. The third-order valence-electron chi connectivity index (χ3n) is 12.8. The number of phenolic OH excluding ortho intramolecular Hbond substituents is 1. The first-order valence-electron chi connectivity index (χ1n) is 20.4. The number of alkyl halides is 3. The minimum Gasteiger partial charge on any atom is -0.504 e. The molecule has 0 radical (unpaired) electrons. The number of anilines is 3. The zero-order valence-corrected chi connectivity index (χ0v) is 36.3. The third kappa shape index (κ3) is 7.24. The summed E-state index contributed by atoms with van der Waals surface area (Å²) in [5.41, 5.74) is 3.45. The third-order valence-corrected chi connectivity index (χ3v) is 13.4. The number of rotatable bonds is 9. The molecule has 6 unspecified atom stereocenters. The lowest BCUT2D eigenvalue weighted by Crippen LogP contribution is -2.53. The average molecular weight is 925 g/mol. The van der Waals surface area contributed by atoms with Crippen LogP contribution in [0.25, 0.3) is 0 Å². The second-order valence-electron chi connectivity index (χ2n) is 16.5. The summed E-state index contributed by atoms with van der Waals surface area (Å²) in [5, 5.41) is 20.4. The number of nitrogens with zero attached hydrogens (tertiary/aromatic N) is 6. The Balaban J connectivity index is 1.11. The molecule has 2 aliphatic carbocycles. The van der Waals surface area contributed by atoms with E-state index in [9.17, 15) is 32.7 Å². The average Bonchev–Trinajstić information content (AvgIpc) is 3.66. The van der Waals surface area contributed by atoms with Crippen LogP contribution in [-0.4, -0.2) is 59.9 Å². The van der Waals surface area contributed by atoms with Crippen LogP contribution in [0, 0.1) is 23.7 Å². The number of allylic oxidation sites excluding steroid dienone is 2. The number of imide groups is 2. The van der Waals surface area contributed by atoms with Crippen LogP contribution in [0.1, 0.15) is 35.4 Å². The Bertz CT molecular complexity index is 2820. The maximum absolute atomic E-state index is 15.4. The van der Waals surface area contributed by atoms with Gasteiger partial charge in [0.05, 0.1) is 57.9 Å². The van der Waals surface area contributed by atoms with Gasteiger partial charge in [0.25, 0.3) is 11.8 Å². The van der Waals surface area contributed by atoms with Crippen molar-refractivity contribution in [1.82, 2.24) is 9.99 Å². The molecule has 65 heavy (non-hydrogen) atoms. The molecule has 5 aromatic rings. The van der Waals surface area contributed by atoms with Crippen molar-refractivity contribution in [3.8, 4) is 11.5 Å². The highest BCUT2D eigenvalue weighted by Crippen LogP contribution is 2.64. The molecule has 3 fully saturated rings. The molecule has 4 amide bonds. The fraction of sp³-hybridized carbons (Fsp3) is 0.255. The van der Waals surface area contributed by atoms with Crippen molar-refractivity contribution in [3.63, 3.8) is 0 Å². The van der Waals surface area contributed by atoms with E-state index in [1.807, 2.05) is 49.3 Å². The number of nitrogens with one attached hydrogen (secondary N) is 1. The largest absolute Gasteiger partial charge is 0.504 e. The fourth-order valence-corrected chi connectivity index (χ4v) is 10.2. The number of amides is 4. The SMILES string of the molecule is COc1ccc(C2C3=CCC4C(=O)N(c5ccc(N=Nc6ccc(N(C)C)cc6)cc5)C(=O)C4C3CC3C(=O)N(Nc4ncc(C(F)(F)F)cc4Cl)C(=O)C32c2ccc(Cl)cc2)cc1O. The normalized spacial score (nSPS) is 23.9. The number of fused-ring (bicyclic) bond motifs is 4. The number of methoxy groups -OCH3 is 1. The Morgan fingerprint density at radius 3 is 2.12 bits per heavy atom. The maximum Gasteiger partial charge on any atom is 0.417 e. The van der Waals surface area contributed by atoms with Crippen molar-refractivity contribution < 1.29 is 42.2 Å². The first-order chi connectivity index (χ1) is 31.0. The number of azo groups is 1. The van der Waals surface area contributed by atoms with E-state index in [0.717, 1.165) is 10.6 Å². The van der Waals surface area contributed by atoms with Crippen LogP contribution in [-0.2, 0) is 30.8 Å². The minimum absolute atomic E-state index is 0.0904. The maximum atomic E-state index is 15.4. The molecule has 13 nitrogen and oxygen atoms in total. The lowest BCUT2D eigenvalue weighted by atomic mass is 9.49. The number of benzene rings is 4. The molecule has 9 rings (SSSR count). The molecule has 3 heterocycles. The summed E-state index contributed by atoms with van der Waals surface area (Å²) >= 11 is 12.7. The van der Waals surface area contributed by atoms with Crippen LogP contribution in [0.2, 0.25) is 10.0 Å². The number of hydrogen-bond acceptors (Lipinski definition) is 11. The summed E-state index contributed by atoms with van der Waals surface area (Å²) in [6.45, 7) is 0. The number of aromatic nitrogens is 1. The molecule has 0 bridgehead atoms. The van der Waals surface area contributed by atoms with Gasteiger partial charge >= 0.3 is 6.18 Å². The number of hydrazine groups is 1. The monoisotopic (exact) mass is 923 g/mol. The summed E-state index contributed by atoms with van der Waals surface area (Å²) in [7, 11) is 5.24. The second-order valence-corrected chi connectivity index (χ2v) is 17.3. The minimum atomic E-state index is -4.77. The van der Waals surface area contributed by atoms with Crippen LogP contribution in [0.4, 0.5) is 41.7 Å². The number of hydrogen-bond donors (Lipinski definition) is 2. The summed E-state index contributed by atoms with van der Waals surface area (Å²) in [4.78, 5) is 66.5. The second kappa shape index (κ2) is 16.3. The lowest BCUT2D eigenvalue weighted by Gasteiger charge is -2.50. The van der Waals surface area contributed by atoms with Crippen molar-refractivity contribution >= 4 is 75.4 Å². The fourth-order valence-electron chi connectivity index (χ4n) is 9.90. The summed E-state index contributed by atoms with van der Waals surface area (Å²) < 4.78 is 46.1. The highest BCUT2D eigenvalue weighted by atomic mass is 35.5. The number of pyridine rings is 1. The quantitative estimate of drug-likeness (QED) is 0.0835. The van der Waals surface area contributed by atoms with Crippen LogP contribution < -0.4 is 20.0 Å². The molecule has 332 valence electrons. The van der Waals surface area contributed by atoms with E-state index in [1.54, 1.807) is 54.6 Å². The van der Waals surface area contributed by atoms with E-state index < -0.39 is 75.4 Å². The molecule has 1 saturated carbocycles. The zero-order chi connectivity index (χ0) is 46.1. The number of carbonyl (C=O) groups excluding carboxylic acids is 4. The number of carbonyl (C=O) groups is 4. The van der Waals surface area contributed by atoms with E-state index in [0.29, 0.717) is 56.1 Å². The lowest BCUT2D eigenvalue weighted by molar-refractivity contribution is -0.139. The number of aromatic hydroxyl groups is 1. The number of ether oxygens (including phenoxy) is 1. The summed E-state index contributed by atoms with van der Waals surface area (Å²) in [6.07, 6.45) is -2.37. The van der Waals surface area contributed by atoms with E-state index >= 15 is 4.79 Å². The Kier molecular flexibility index (Phi) is 10.9. The van der Waals surface area contributed by atoms with Gasteiger partial charge in [-0.05, 0) is 109 Å². The van der Waals surface area contributed by atoms with Crippen molar-refractivity contribution in [3.05, 3.63) is 142 Å². The van der Waals surface area contributed by atoms with Gasteiger partial charge in [0.15, 0.2) is 17.3 Å². The predicted octanol–water partition coefficient (Wildman–Crippen LogP) is 9.79. The van der Waals surface area contributed by atoms with Crippen molar-refractivity contribution in [1.29, 1.82) is 0 Å². The topological polar surface area (TPSA) is 157 Å². The van der Waals surface area contributed by atoms with Gasteiger partial charge in [0.1, 0.15) is 0 Å². The van der Waals surface area contributed by atoms with Gasteiger partial charge in [-0.25, -0.2) is 4.98 Å². The molecular weight excluding hydrogens is 886 g/mol. The highest BCUT2D eigenvalue weighted by molar-refractivity contribution is 6.33. The van der Waals surface area contributed by atoms with Gasteiger partial charge < -0.3 is 14.7 Å². The van der Waals surface area contributed by atoms with Crippen molar-refractivity contribution in [2.45, 2.75) is 30.4 Å². The summed E-state index contributed by atoms with van der Waals surface area (Å²) in [5.74, 6) is -7.86. The molecule has 2 saturated heterocycles. The van der Waals surface area contributed by atoms with Crippen LogP contribution >= 0.6 is 23.2 Å². The summed E-state index contributed by atoms with van der Waals surface area (Å²) in [6, 6.07) is 25.6. The van der Waals surface area contributed by atoms with Crippen LogP contribution in [0.15, 0.2) is 125 Å². The Labute approximate surface area is 380 Å². The van der Waals surface area contributed by atoms with E-state index in [4.69, 9.17) is 27.9 Å². The predicted molar refractivity (Wildman–Crippen MR) is 235 cm³/mol. The first-order valence-corrected chi connectivity index (χ1v) is 21.2. The molecule has 0 spiro atoms. The van der Waals surface area contributed by atoms with E-state index in [2.05, 4.69) is 20.6 Å². The van der Waals surface area contributed by atoms with Crippen LogP contribution in [0.3, 0.4) is 0 Å². The number of halogens is 5. The van der Waals surface area contributed by atoms with Gasteiger partial charge in [-0.15, -0.1) is 0 Å². The molecular formula is C47H38Cl2F3N7O6. The van der Waals surface area contributed by atoms with Gasteiger partial charge in [0, 0.05) is 36.9 Å². The molecule has 2 N–H and O–H groups in total. The molecule has 1 aromatic heterocycles. The molecule has 6 atom stereocenters. The Hall–Kier alpha value is -6.78. The standard InChI is InChI=1S/C47H38Cl2F3N7O6/c1-57(2)30-13-9-28(10-14-30)54-55-29-11-15-31(16-12-29)58-42(61)33-18-17-32-34(39(33)44(58)63)22-35-43(62)59(56-41-36(49)21-26(23-53-41)47(50,51)52)45(64)46(35,25-5-7-27(48)8-6-25)40(32)24-4-19-38(65-3)37(60)20-24/h4-17,19-21,23,33-35,39-40,60H,18,22H2,1-3H3,(H,53,56). The first kappa shape index (κ1) is 43.5. The van der Waals surface area contributed by atoms with Crippen LogP contribution in [0.5, 0.6) is 11.5 Å². The van der Waals surface area contributed by atoms with Gasteiger partial charge in [-0.1, -0.05) is 53.1 Å². The molecule has 4 aromatic carbocycles. The van der Waals surface area contributed by atoms with Crippen molar-refractivity contribution in [2.24, 2.45) is 33.9 Å². The van der Waals surface area contributed by atoms with E-state index in [-0.39, 0.29) is 30.2 Å². The Morgan fingerprint density at radius 2 is 1.52 bits per heavy atom. The van der Waals surface area contributed by atoms with Crippen molar-refractivity contribution in [2.75, 3.05) is 36.4 Å². The van der Waals surface area contributed by atoms with Gasteiger partial charge in [-0.3, -0.25) is 29.5 Å². The molecule has 2 aliphatic heterocycles. The Morgan fingerprint density at radius 1 is 0.862 bits per heavy atom. The highest BCUT2D eigenvalue weighted by Gasteiger charge is 2.70. The number of phenols is 1. The van der Waals surface area contributed by atoms with E-state index in [1.165, 1.54) is 19.2 Å².